The van der Waals surface area contributed by atoms with Gasteiger partial charge in [0.1, 0.15) is 5.75 Å². The highest BCUT2D eigenvalue weighted by Gasteiger charge is 2.05. The summed E-state index contributed by atoms with van der Waals surface area (Å²) in [6.07, 6.45) is 3.62. The Morgan fingerprint density at radius 2 is 1.90 bits per heavy atom. The molecule has 0 saturated heterocycles. The normalized spacial score (nSPS) is 10.2. The highest BCUT2D eigenvalue weighted by molar-refractivity contribution is 5.49. The first kappa shape index (κ1) is 15.2. The molecule has 0 aliphatic rings. The van der Waals surface area contributed by atoms with Crippen LogP contribution >= 0.6 is 0 Å². The second kappa shape index (κ2) is 8.15. The van der Waals surface area contributed by atoms with Crippen molar-refractivity contribution >= 4 is 5.82 Å². The molecule has 2 aromatic rings. The quantitative estimate of drug-likeness (QED) is 0.806. The Hall–Kier alpha value is -2.23. The Bertz CT molecular complexity index is 558. The molecule has 0 atom stereocenters. The van der Waals surface area contributed by atoms with E-state index < -0.39 is 0 Å². The fraction of sp³-hybridized carbons (Fsp3) is 0.353. The number of aromatic nitrogens is 1. The van der Waals surface area contributed by atoms with E-state index in [0.29, 0.717) is 6.61 Å². The molecule has 0 bridgehead atoms. The van der Waals surface area contributed by atoms with E-state index in [1.807, 2.05) is 30.3 Å². The van der Waals surface area contributed by atoms with E-state index in [2.05, 4.69) is 23.3 Å². The van der Waals surface area contributed by atoms with Crippen molar-refractivity contribution in [2.75, 3.05) is 25.6 Å². The van der Waals surface area contributed by atoms with Crippen LogP contribution in [0.25, 0.3) is 0 Å². The van der Waals surface area contributed by atoms with Crippen LogP contribution in [0.15, 0.2) is 42.6 Å². The lowest BCUT2D eigenvalue weighted by Gasteiger charge is -2.12. The summed E-state index contributed by atoms with van der Waals surface area (Å²) in [6, 6.07) is 11.9. The predicted octanol–water partition coefficient (Wildman–Crippen LogP) is 3.53. The average molecular weight is 286 g/mol. The second-order valence-corrected chi connectivity index (χ2v) is 4.69. The summed E-state index contributed by atoms with van der Waals surface area (Å²) in [4.78, 5) is 4.34. The minimum atomic E-state index is 0.701. The number of anilines is 1. The maximum Gasteiger partial charge on any atom is 0.168 e. The van der Waals surface area contributed by atoms with E-state index in [1.165, 1.54) is 5.56 Å². The van der Waals surface area contributed by atoms with Crippen molar-refractivity contribution in [2.24, 2.45) is 0 Å². The molecule has 0 unspecified atom stereocenters. The molecule has 1 aromatic carbocycles. The van der Waals surface area contributed by atoms with Gasteiger partial charge in [-0.1, -0.05) is 25.1 Å². The standard InChI is InChI=1S/C17H22N2O2/c1-3-13-21-16-9-6-11-18-17(16)19-12-10-14-7-4-5-8-15(14)20-2/h4-9,11H,3,10,12-13H2,1-2H3,(H,18,19). The van der Waals surface area contributed by atoms with E-state index in [0.717, 1.165) is 36.7 Å². The lowest BCUT2D eigenvalue weighted by atomic mass is 10.1. The fourth-order valence-electron chi connectivity index (χ4n) is 2.08. The van der Waals surface area contributed by atoms with Gasteiger partial charge in [0.2, 0.25) is 0 Å². The van der Waals surface area contributed by atoms with Crippen molar-refractivity contribution in [3.05, 3.63) is 48.2 Å². The van der Waals surface area contributed by atoms with Gasteiger partial charge >= 0.3 is 0 Å². The first-order valence-corrected chi connectivity index (χ1v) is 7.28. The highest BCUT2D eigenvalue weighted by atomic mass is 16.5. The summed E-state index contributed by atoms with van der Waals surface area (Å²) in [5.74, 6) is 2.52. The number of benzene rings is 1. The minimum Gasteiger partial charge on any atom is -0.496 e. The smallest absolute Gasteiger partial charge is 0.168 e. The molecule has 0 aliphatic heterocycles. The van der Waals surface area contributed by atoms with Crippen molar-refractivity contribution in [2.45, 2.75) is 19.8 Å². The zero-order valence-electron chi connectivity index (χ0n) is 12.6. The predicted molar refractivity (Wildman–Crippen MR) is 85.2 cm³/mol. The number of nitrogens with one attached hydrogen (secondary N) is 1. The number of pyridine rings is 1. The van der Waals surface area contributed by atoms with Crippen molar-refractivity contribution in [3.63, 3.8) is 0 Å². The Kier molecular flexibility index (Phi) is 5.88. The van der Waals surface area contributed by atoms with Gasteiger partial charge in [-0.25, -0.2) is 4.98 Å². The van der Waals surface area contributed by atoms with Crippen LogP contribution < -0.4 is 14.8 Å². The van der Waals surface area contributed by atoms with Crippen LogP contribution in [-0.2, 0) is 6.42 Å². The summed E-state index contributed by atoms with van der Waals surface area (Å²) < 4.78 is 11.0. The van der Waals surface area contributed by atoms with Crippen LogP contribution in [0.5, 0.6) is 11.5 Å². The molecule has 112 valence electrons. The van der Waals surface area contributed by atoms with Gasteiger partial charge in [-0.3, -0.25) is 0 Å². The Morgan fingerprint density at radius 3 is 2.71 bits per heavy atom. The highest BCUT2D eigenvalue weighted by Crippen LogP contribution is 2.22. The molecular formula is C17H22N2O2. The largest absolute Gasteiger partial charge is 0.496 e. The fourth-order valence-corrected chi connectivity index (χ4v) is 2.08. The van der Waals surface area contributed by atoms with E-state index in [4.69, 9.17) is 9.47 Å². The maximum absolute atomic E-state index is 5.68. The van der Waals surface area contributed by atoms with E-state index in [9.17, 15) is 0 Å². The van der Waals surface area contributed by atoms with Crippen LogP contribution in [0.3, 0.4) is 0 Å². The lowest BCUT2D eigenvalue weighted by molar-refractivity contribution is 0.318. The number of hydrogen-bond donors (Lipinski definition) is 1. The molecule has 0 amide bonds. The summed E-state index contributed by atoms with van der Waals surface area (Å²) in [7, 11) is 1.70. The summed E-state index contributed by atoms with van der Waals surface area (Å²) in [5.41, 5.74) is 1.18. The molecule has 4 nitrogen and oxygen atoms in total. The van der Waals surface area contributed by atoms with E-state index in [-0.39, 0.29) is 0 Å². The number of rotatable bonds is 8. The van der Waals surface area contributed by atoms with E-state index in [1.54, 1.807) is 13.3 Å². The molecule has 21 heavy (non-hydrogen) atoms. The lowest BCUT2D eigenvalue weighted by Crippen LogP contribution is -2.09. The molecule has 0 saturated carbocycles. The summed E-state index contributed by atoms with van der Waals surface area (Å²) in [6.45, 7) is 3.57. The van der Waals surface area contributed by atoms with Gasteiger partial charge in [-0.15, -0.1) is 0 Å². The minimum absolute atomic E-state index is 0.701. The van der Waals surface area contributed by atoms with Crippen LogP contribution in [0.2, 0.25) is 0 Å². The molecule has 0 radical (unpaired) electrons. The summed E-state index contributed by atoms with van der Waals surface area (Å²) >= 11 is 0. The van der Waals surface area contributed by atoms with Gasteiger partial charge in [0.05, 0.1) is 13.7 Å². The van der Waals surface area contributed by atoms with Crippen molar-refractivity contribution in [1.29, 1.82) is 0 Å². The maximum atomic E-state index is 5.68. The number of ether oxygens (including phenoxy) is 2. The van der Waals surface area contributed by atoms with Crippen LogP contribution in [0, 0.1) is 0 Å². The Balaban J connectivity index is 1.94. The number of hydrogen-bond acceptors (Lipinski definition) is 4. The molecule has 0 spiro atoms. The molecule has 0 aliphatic carbocycles. The van der Waals surface area contributed by atoms with Crippen LogP contribution in [0.1, 0.15) is 18.9 Å². The first-order valence-electron chi connectivity index (χ1n) is 7.28. The van der Waals surface area contributed by atoms with Gasteiger partial charge in [-0.2, -0.15) is 0 Å². The average Bonchev–Trinajstić information content (AvgIpc) is 2.54. The van der Waals surface area contributed by atoms with Crippen LogP contribution in [0.4, 0.5) is 5.82 Å². The van der Waals surface area contributed by atoms with Gasteiger partial charge in [0.25, 0.3) is 0 Å². The monoisotopic (exact) mass is 286 g/mol. The van der Waals surface area contributed by atoms with Gasteiger partial charge < -0.3 is 14.8 Å². The molecule has 0 fully saturated rings. The zero-order valence-corrected chi connectivity index (χ0v) is 12.6. The molecule has 1 aromatic heterocycles. The van der Waals surface area contributed by atoms with Crippen molar-refractivity contribution in [3.8, 4) is 11.5 Å². The van der Waals surface area contributed by atoms with Gasteiger partial charge in [0.15, 0.2) is 11.6 Å². The van der Waals surface area contributed by atoms with E-state index >= 15 is 0 Å². The first-order chi connectivity index (χ1) is 10.3. The SMILES string of the molecule is CCCOc1cccnc1NCCc1ccccc1OC. The molecule has 1 heterocycles. The number of para-hydroxylation sites is 1. The molecule has 2 rings (SSSR count). The third-order valence-electron chi connectivity index (χ3n) is 3.11. The zero-order chi connectivity index (χ0) is 14.9. The Morgan fingerprint density at radius 1 is 1.10 bits per heavy atom. The number of nitrogens with zero attached hydrogens (tertiary/aromatic N) is 1. The van der Waals surface area contributed by atoms with Crippen molar-refractivity contribution < 1.29 is 9.47 Å². The number of methoxy groups -OCH3 is 1. The van der Waals surface area contributed by atoms with Gasteiger partial charge in [0, 0.05) is 12.7 Å². The Labute approximate surface area is 126 Å². The third kappa shape index (κ3) is 4.38. The summed E-state index contributed by atoms with van der Waals surface area (Å²) in [5, 5.41) is 3.33. The molecule has 4 heteroatoms. The van der Waals surface area contributed by atoms with Crippen LogP contribution in [-0.4, -0.2) is 25.2 Å². The van der Waals surface area contributed by atoms with Crippen molar-refractivity contribution in [1.82, 2.24) is 4.98 Å². The second-order valence-electron chi connectivity index (χ2n) is 4.69. The molecular weight excluding hydrogens is 264 g/mol. The van der Waals surface area contributed by atoms with Gasteiger partial charge in [-0.05, 0) is 36.6 Å². The molecule has 1 N–H and O–H groups in total. The topological polar surface area (TPSA) is 43.4 Å². The third-order valence-corrected chi connectivity index (χ3v) is 3.11.